The number of hydrogen-bond donors (Lipinski definition) is 1. The summed E-state index contributed by atoms with van der Waals surface area (Å²) in [6, 6.07) is 20.8. The number of aryl methyl sites for hydroxylation is 1. The van der Waals surface area contributed by atoms with Gasteiger partial charge in [0.15, 0.2) is 0 Å². The van der Waals surface area contributed by atoms with Crippen LogP contribution in [0, 0.1) is 6.92 Å². The highest BCUT2D eigenvalue weighted by atomic mass is 32.2. The Morgan fingerprint density at radius 3 is 2.33 bits per heavy atom. The number of likely N-dealkylation sites (tertiary alicyclic amines) is 1. The van der Waals surface area contributed by atoms with Crippen molar-refractivity contribution < 1.29 is 13.2 Å². The second-order valence-electron chi connectivity index (χ2n) is 8.93. The molecule has 1 fully saturated rings. The van der Waals surface area contributed by atoms with E-state index < -0.39 is 10.0 Å². The Morgan fingerprint density at radius 2 is 1.67 bits per heavy atom. The van der Waals surface area contributed by atoms with Crippen LogP contribution in [0.25, 0.3) is 0 Å². The first kappa shape index (κ1) is 26.6. The molecule has 5 nitrogen and oxygen atoms in total. The molecule has 0 spiro atoms. The highest BCUT2D eigenvalue weighted by molar-refractivity contribution is 7.98. The molecule has 0 atom stereocenters. The molecule has 3 aromatic rings. The van der Waals surface area contributed by atoms with Crippen LogP contribution in [-0.2, 0) is 15.8 Å². The molecule has 0 radical (unpaired) electrons. The molecule has 0 aliphatic carbocycles. The lowest BCUT2D eigenvalue weighted by molar-refractivity contribution is 0.0758. The maximum Gasteiger partial charge on any atom is 0.261 e. The maximum atomic E-state index is 13.3. The van der Waals surface area contributed by atoms with Gasteiger partial charge in [0, 0.05) is 28.6 Å². The van der Waals surface area contributed by atoms with E-state index in [1.54, 1.807) is 23.9 Å². The van der Waals surface area contributed by atoms with Crippen molar-refractivity contribution in [3.63, 3.8) is 0 Å². The van der Waals surface area contributed by atoms with Crippen molar-refractivity contribution in [3.8, 4) is 0 Å². The second-order valence-corrected chi connectivity index (χ2v) is 12.5. The van der Waals surface area contributed by atoms with Gasteiger partial charge in [-0.15, -0.1) is 23.5 Å². The van der Waals surface area contributed by atoms with E-state index in [1.165, 1.54) is 22.7 Å². The van der Waals surface area contributed by atoms with Crippen LogP contribution >= 0.6 is 23.5 Å². The van der Waals surface area contributed by atoms with E-state index in [9.17, 15) is 13.2 Å². The number of carbonyl (C=O) groups is 1. The fourth-order valence-corrected chi connectivity index (χ4v) is 6.87. The summed E-state index contributed by atoms with van der Waals surface area (Å²) in [6.07, 6.45) is 6.13. The van der Waals surface area contributed by atoms with Gasteiger partial charge in [0.25, 0.3) is 15.9 Å². The van der Waals surface area contributed by atoms with Crippen molar-refractivity contribution in [2.75, 3.05) is 24.1 Å². The van der Waals surface area contributed by atoms with Crippen LogP contribution < -0.4 is 4.72 Å². The van der Waals surface area contributed by atoms with Crippen LogP contribution in [0.2, 0.25) is 0 Å². The van der Waals surface area contributed by atoms with Crippen LogP contribution in [0.1, 0.15) is 47.2 Å². The normalized spacial score (nSPS) is 14.3. The molecule has 1 aliphatic heterocycles. The quantitative estimate of drug-likeness (QED) is 0.317. The molecule has 0 bridgehead atoms. The van der Waals surface area contributed by atoms with Crippen LogP contribution in [0.4, 0.5) is 5.69 Å². The smallest absolute Gasteiger partial charge is 0.261 e. The molecule has 1 aliphatic rings. The number of nitrogens with zero attached hydrogens (tertiary/aromatic N) is 1. The lowest BCUT2D eigenvalue weighted by Crippen LogP contribution is -2.32. The van der Waals surface area contributed by atoms with Crippen molar-refractivity contribution in [1.82, 2.24) is 4.90 Å². The number of carbonyl (C=O) groups excluding carboxylic acids is 1. The Morgan fingerprint density at radius 1 is 0.944 bits per heavy atom. The van der Waals surface area contributed by atoms with E-state index in [0.717, 1.165) is 60.5 Å². The molecule has 1 saturated heterocycles. The van der Waals surface area contributed by atoms with Gasteiger partial charge < -0.3 is 4.90 Å². The fourth-order valence-electron chi connectivity index (χ4n) is 4.28. The summed E-state index contributed by atoms with van der Waals surface area (Å²) in [5.41, 5.74) is 2.97. The summed E-state index contributed by atoms with van der Waals surface area (Å²) < 4.78 is 29.3. The molecule has 0 unspecified atom stereocenters. The number of rotatable bonds is 8. The highest BCUT2D eigenvalue weighted by Crippen LogP contribution is 2.29. The average molecular weight is 541 g/mol. The fraction of sp³-hybridized carbons (Fsp3) is 0.321. The summed E-state index contributed by atoms with van der Waals surface area (Å²) >= 11 is 3.20. The van der Waals surface area contributed by atoms with Gasteiger partial charge in [-0.2, -0.15) is 0 Å². The molecule has 36 heavy (non-hydrogen) atoms. The first-order valence-corrected chi connectivity index (χ1v) is 15.8. The Bertz CT molecular complexity index is 1300. The monoisotopic (exact) mass is 540 g/mol. The van der Waals surface area contributed by atoms with Gasteiger partial charge in [0.05, 0.1) is 16.1 Å². The van der Waals surface area contributed by atoms with Crippen molar-refractivity contribution in [3.05, 3.63) is 83.4 Å². The third-order valence-corrected chi connectivity index (χ3v) is 9.53. The number of sulfonamides is 1. The Hall–Kier alpha value is -2.42. The minimum Gasteiger partial charge on any atom is -0.339 e. The summed E-state index contributed by atoms with van der Waals surface area (Å²) in [6.45, 7) is 3.34. The van der Waals surface area contributed by atoms with Gasteiger partial charge in [-0.1, -0.05) is 43.2 Å². The van der Waals surface area contributed by atoms with Crippen molar-refractivity contribution in [2.24, 2.45) is 0 Å². The third-order valence-electron chi connectivity index (χ3n) is 6.29. The van der Waals surface area contributed by atoms with Gasteiger partial charge in [-0.05, 0) is 73.5 Å². The lowest BCUT2D eigenvalue weighted by atomic mass is 10.1. The van der Waals surface area contributed by atoms with E-state index in [4.69, 9.17) is 0 Å². The zero-order valence-corrected chi connectivity index (χ0v) is 23.1. The molecule has 1 amide bonds. The zero-order valence-electron chi connectivity index (χ0n) is 20.7. The number of amides is 1. The number of hydrogen-bond acceptors (Lipinski definition) is 5. The van der Waals surface area contributed by atoms with Gasteiger partial charge in [0.2, 0.25) is 0 Å². The van der Waals surface area contributed by atoms with Gasteiger partial charge in [-0.25, -0.2) is 8.42 Å². The lowest BCUT2D eigenvalue weighted by Gasteiger charge is -2.22. The average Bonchev–Trinajstić information content (AvgIpc) is 3.18. The number of nitrogens with one attached hydrogen (secondary N) is 1. The zero-order chi connectivity index (χ0) is 25.5. The summed E-state index contributed by atoms with van der Waals surface area (Å²) in [5.74, 6) is 0.713. The van der Waals surface area contributed by atoms with Gasteiger partial charge in [-0.3, -0.25) is 9.52 Å². The molecule has 3 aromatic carbocycles. The standard InChI is InChI=1S/C28H32N2O3S3/c1-21-18-22(20-35-23-10-6-5-7-11-23)12-14-26(21)29-36(32,33)24-13-15-27(34-2)25(19-24)28(31)30-16-8-3-4-9-17-30/h5-7,10-15,18-19,29H,3-4,8-9,16-17,20H2,1-2H3. The van der Waals surface area contributed by atoms with E-state index >= 15 is 0 Å². The maximum absolute atomic E-state index is 13.3. The first-order chi connectivity index (χ1) is 17.4. The molecular weight excluding hydrogens is 509 g/mol. The molecule has 0 saturated carbocycles. The van der Waals surface area contributed by atoms with Gasteiger partial charge in [0.1, 0.15) is 0 Å². The molecule has 4 rings (SSSR count). The Kier molecular flexibility index (Phi) is 9.04. The molecule has 190 valence electrons. The molecular formula is C28H32N2O3S3. The first-order valence-electron chi connectivity index (χ1n) is 12.1. The summed E-state index contributed by atoms with van der Waals surface area (Å²) in [4.78, 5) is 17.3. The van der Waals surface area contributed by atoms with Crippen LogP contribution in [0.5, 0.6) is 0 Å². The number of anilines is 1. The predicted molar refractivity (Wildman–Crippen MR) is 151 cm³/mol. The van der Waals surface area contributed by atoms with Crippen LogP contribution in [0.15, 0.2) is 81.4 Å². The third kappa shape index (κ3) is 6.66. The topological polar surface area (TPSA) is 66.5 Å². The van der Waals surface area contributed by atoms with Crippen molar-refractivity contribution in [2.45, 2.75) is 53.0 Å². The highest BCUT2D eigenvalue weighted by Gasteiger charge is 2.24. The van der Waals surface area contributed by atoms with Crippen molar-refractivity contribution in [1.29, 1.82) is 0 Å². The SMILES string of the molecule is CSc1ccc(S(=O)(=O)Nc2ccc(CSc3ccccc3)cc2C)cc1C(=O)N1CCCCCC1. The number of thioether (sulfide) groups is 2. The molecule has 1 N–H and O–H groups in total. The van der Waals surface area contributed by atoms with Crippen molar-refractivity contribution >= 4 is 45.1 Å². The van der Waals surface area contributed by atoms with Gasteiger partial charge >= 0.3 is 0 Å². The molecule has 8 heteroatoms. The Balaban J connectivity index is 1.52. The summed E-state index contributed by atoms with van der Waals surface area (Å²) in [5, 5.41) is 0. The van der Waals surface area contributed by atoms with Crippen LogP contribution in [0.3, 0.4) is 0 Å². The second kappa shape index (κ2) is 12.2. The summed E-state index contributed by atoms with van der Waals surface area (Å²) in [7, 11) is -3.86. The predicted octanol–water partition coefficient (Wildman–Crippen LogP) is 6.83. The molecule has 1 heterocycles. The molecule has 0 aromatic heterocycles. The van der Waals surface area contributed by atoms with E-state index in [-0.39, 0.29) is 10.8 Å². The minimum absolute atomic E-state index is 0.0882. The van der Waals surface area contributed by atoms with E-state index in [2.05, 4.69) is 16.9 Å². The van der Waals surface area contributed by atoms with E-state index in [1.807, 2.05) is 54.5 Å². The largest absolute Gasteiger partial charge is 0.339 e. The van der Waals surface area contributed by atoms with Crippen LogP contribution in [-0.4, -0.2) is 38.6 Å². The number of benzene rings is 3. The van der Waals surface area contributed by atoms with E-state index in [0.29, 0.717) is 11.3 Å². The minimum atomic E-state index is -3.86. The Labute approximate surface area is 223 Å².